The molecule has 2 rings (SSSR count). The predicted molar refractivity (Wildman–Crippen MR) is 95.5 cm³/mol. The molecule has 0 radical (unpaired) electrons. The molecule has 0 saturated carbocycles. The lowest BCUT2D eigenvalue weighted by Crippen LogP contribution is -2.46. The zero-order valence-corrected chi connectivity index (χ0v) is 17.0. The van der Waals surface area contributed by atoms with Gasteiger partial charge < -0.3 is 0 Å². The largest absolute Gasteiger partial charge is 0.417 e. The fourth-order valence-corrected chi connectivity index (χ4v) is 5.09. The van der Waals surface area contributed by atoms with Crippen molar-refractivity contribution in [1.82, 2.24) is 0 Å². The van der Waals surface area contributed by atoms with Crippen LogP contribution in [-0.2, 0) is 19.4 Å². The quantitative estimate of drug-likeness (QED) is 0.358. The van der Waals surface area contributed by atoms with Gasteiger partial charge in [-0.1, -0.05) is 19.6 Å². The van der Waals surface area contributed by atoms with Crippen molar-refractivity contribution in [1.29, 1.82) is 0 Å². The van der Waals surface area contributed by atoms with Gasteiger partial charge in [0.15, 0.2) is 6.20 Å². The highest BCUT2D eigenvalue weighted by Crippen LogP contribution is 2.42. The summed E-state index contributed by atoms with van der Waals surface area (Å²) in [7, 11) is 0.0262. The number of halogens is 6. The van der Waals surface area contributed by atoms with Crippen LogP contribution < -0.4 is 9.75 Å². The number of rotatable bonds is 2. The number of benzene rings is 1. The van der Waals surface area contributed by atoms with Crippen molar-refractivity contribution >= 4 is 13.3 Å². The number of pyridine rings is 1. The maximum absolute atomic E-state index is 13.3. The second kappa shape index (κ2) is 6.65. The molecule has 0 aliphatic heterocycles. The fourth-order valence-electron chi connectivity index (χ4n) is 3.26. The van der Waals surface area contributed by atoms with Crippen LogP contribution in [0.2, 0.25) is 19.6 Å². The van der Waals surface area contributed by atoms with Gasteiger partial charge in [0.25, 0.3) is 0 Å². The Labute approximate surface area is 155 Å². The third-order valence-corrected chi connectivity index (χ3v) is 6.68. The van der Waals surface area contributed by atoms with Crippen LogP contribution in [0.1, 0.15) is 22.3 Å². The van der Waals surface area contributed by atoms with Gasteiger partial charge >= 0.3 is 12.4 Å². The summed E-state index contributed by atoms with van der Waals surface area (Å²) >= 11 is 0. The number of nitrogens with zero attached hydrogens (tertiary/aromatic N) is 1. The van der Waals surface area contributed by atoms with Crippen molar-refractivity contribution in [3.8, 4) is 11.3 Å². The van der Waals surface area contributed by atoms with Crippen LogP contribution in [0.4, 0.5) is 26.3 Å². The molecule has 1 nitrogen and oxygen atoms in total. The standard InChI is InChI=1S/C19H22F6NSi/c1-11-7-14(18(20,21)22)15(19(23,24)25)9-13(11)16-8-12(2)17(10-26(16)3)27(4,5)6/h7-10H,1-6H3/q+1. The predicted octanol–water partition coefficient (Wildman–Crippen LogP) is 5.38. The lowest BCUT2D eigenvalue weighted by molar-refractivity contribution is -0.659. The summed E-state index contributed by atoms with van der Waals surface area (Å²) in [4.78, 5) is 0. The Balaban J connectivity index is 2.79. The van der Waals surface area contributed by atoms with Gasteiger partial charge in [-0.15, -0.1) is 0 Å². The van der Waals surface area contributed by atoms with Gasteiger partial charge in [0, 0.05) is 16.8 Å². The van der Waals surface area contributed by atoms with Crippen LogP contribution in [0.15, 0.2) is 24.4 Å². The Bertz CT molecular complexity index is 876. The molecule has 0 fully saturated rings. The molecule has 0 unspecified atom stereocenters. The van der Waals surface area contributed by atoms with E-state index in [0.717, 1.165) is 10.8 Å². The number of hydrogen-bond acceptors (Lipinski definition) is 0. The second-order valence-electron chi connectivity index (χ2n) is 7.82. The van der Waals surface area contributed by atoms with Crippen molar-refractivity contribution in [2.24, 2.45) is 7.05 Å². The number of alkyl halides is 6. The van der Waals surface area contributed by atoms with E-state index < -0.39 is 31.6 Å². The van der Waals surface area contributed by atoms with Crippen LogP contribution >= 0.6 is 0 Å². The van der Waals surface area contributed by atoms with Gasteiger partial charge in [-0.25, -0.2) is 4.57 Å². The third kappa shape index (κ3) is 4.36. The van der Waals surface area contributed by atoms with E-state index in [4.69, 9.17) is 0 Å². The third-order valence-electron chi connectivity index (χ3n) is 4.54. The molecule has 2 aromatic rings. The van der Waals surface area contributed by atoms with Crippen molar-refractivity contribution < 1.29 is 30.9 Å². The van der Waals surface area contributed by atoms with Crippen molar-refractivity contribution in [3.05, 3.63) is 46.6 Å². The highest BCUT2D eigenvalue weighted by atomic mass is 28.3. The highest BCUT2D eigenvalue weighted by molar-refractivity contribution is 6.88. The second-order valence-corrected chi connectivity index (χ2v) is 12.9. The first-order valence-corrected chi connectivity index (χ1v) is 11.8. The van der Waals surface area contributed by atoms with Crippen LogP contribution in [0.3, 0.4) is 0 Å². The van der Waals surface area contributed by atoms with E-state index in [2.05, 4.69) is 19.6 Å². The van der Waals surface area contributed by atoms with Gasteiger partial charge in [-0.3, -0.25) is 0 Å². The molecule has 0 bridgehead atoms. The molecule has 1 aromatic carbocycles. The lowest BCUT2D eigenvalue weighted by atomic mass is 9.95. The summed E-state index contributed by atoms with van der Waals surface area (Å²) in [5.41, 5.74) is -1.66. The Morgan fingerprint density at radius 2 is 1.26 bits per heavy atom. The van der Waals surface area contributed by atoms with Crippen LogP contribution in [0.5, 0.6) is 0 Å². The Morgan fingerprint density at radius 1 is 0.778 bits per heavy atom. The molecule has 1 aromatic heterocycles. The summed E-state index contributed by atoms with van der Waals surface area (Å²) in [5, 5.41) is 1.15. The zero-order valence-electron chi connectivity index (χ0n) is 16.0. The molecular weight excluding hydrogens is 384 g/mol. The first kappa shape index (κ1) is 21.5. The van der Waals surface area contributed by atoms with E-state index in [1.54, 1.807) is 17.7 Å². The molecular formula is C19H22F6NSi+. The Kier molecular flexibility index (Phi) is 5.29. The lowest BCUT2D eigenvalue weighted by Gasteiger charge is -2.20. The van der Waals surface area contributed by atoms with Crippen molar-refractivity contribution in [2.45, 2.75) is 45.8 Å². The molecule has 1 heterocycles. The average molecular weight is 406 g/mol. The van der Waals surface area contributed by atoms with Crippen LogP contribution in [0, 0.1) is 13.8 Å². The molecule has 0 saturated heterocycles. The fraction of sp³-hybridized carbons (Fsp3) is 0.421. The Hall–Kier alpha value is -1.83. The molecule has 0 atom stereocenters. The average Bonchev–Trinajstić information content (AvgIpc) is 2.46. The molecule has 0 amide bonds. The van der Waals surface area contributed by atoms with Crippen LogP contribution in [-0.4, -0.2) is 8.07 Å². The van der Waals surface area contributed by atoms with Crippen LogP contribution in [0.25, 0.3) is 11.3 Å². The van der Waals surface area contributed by atoms with Crippen molar-refractivity contribution in [3.63, 3.8) is 0 Å². The summed E-state index contributed by atoms with van der Waals surface area (Å²) in [5.74, 6) is 0. The van der Waals surface area contributed by atoms with Gasteiger partial charge in [0.05, 0.1) is 19.2 Å². The van der Waals surface area contributed by atoms with Gasteiger partial charge in [-0.2, -0.15) is 26.3 Å². The van der Waals surface area contributed by atoms with Gasteiger partial charge in [0.1, 0.15) is 7.05 Å². The first-order chi connectivity index (χ1) is 12.0. The van der Waals surface area contributed by atoms with Gasteiger partial charge in [-0.05, 0) is 37.1 Å². The van der Waals surface area contributed by atoms with E-state index in [1.165, 1.54) is 6.92 Å². The monoisotopic (exact) mass is 406 g/mol. The van der Waals surface area contributed by atoms with E-state index in [-0.39, 0.29) is 11.1 Å². The molecule has 8 heteroatoms. The molecule has 27 heavy (non-hydrogen) atoms. The number of hydrogen-bond donors (Lipinski definition) is 0. The smallest absolute Gasteiger partial charge is 0.201 e. The zero-order chi connectivity index (χ0) is 20.9. The summed E-state index contributed by atoms with van der Waals surface area (Å²) in [6.07, 6.45) is -8.30. The minimum atomic E-state index is -5.10. The number of aryl methyl sites for hydroxylation is 3. The molecule has 0 aliphatic carbocycles. The number of aromatic nitrogens is 1. The molecule has 148 valence electrons. The van der Waals surface area contributed by atoms with E-state index >= 15 is 0 Å². The summed E-state index contributed by atoms with van der Waals surface area (Å²) in [6.45, 7) is 9.73. The highest BCUT2D eigenvalue weighted by Gasteiger charge is 2.44. The molecule has 0 N–H and O–H groups in total. The SMILES string of the molecule is Cc1cc(C(F)(F)F)c(C(F)(F)F)cc1-c1cc(C)c([Si](C)(C)C)c[n+]1C. The van der Waals surface area contributed by atoms with E-state index in [9.17, 15) is 26.3 Å². The van der Waals surface area contributed by atoms with Crippen molar-refractivity contribution in [2.75, 3.05) is 0 Å². The molecule has 0 spiro atoms. The first-order valence-electron chi connectivity index (χ1n) is 8.33. The van der Waals surface area contributed by atoms with Gasteiger partial charge in [0.2, 0.25) is 5.69 Å². The van der Waals surface area contributed by atoms with E-state index in [0.29, 0.717) is 17.8 Å². The minimum absolute atomic E-state index is 0.142. The normalized spacial score (nSPS) is 13.2. The summed E-state index contributed by atoms with van der Waals surface area (Å²) < 4.78 is 81.0. The summed E-state index contributed by atoms with van der Waals surface area (Å²) in [6, 6.07) is 2.95. The van der Waals surface area contributed by atoms with E-state index in [1.807, 2.05) is 13.1 Å². The molecule has 0 aliphatic rings. The topological polar surface area (TPSA) is 3.88 Å². The maximum Gasteiger partial charge on any atom is 0.417 e. The Morgan fingerprint density at radius 3 is 1.70 bits per heavy atom. The maximum atomic E-state index is 13.3. The minimum Gasteiger partial charge on any atom is -0.201 e.